The average Bonchev–Trinajstić information content (AvgIpc) is 2.96. The summed E-state index contributed by atoms with van der Waals surface area (Å²) in [7, 11) is 0. The Morgan fingerprint density at radius 3 is 3.00 bits per heavy atom. The molecule has 0 bridgehead atoms. The number of hydrogen-bond donors (Lipinski definition) is 0. The lowest BCUT2D eigenvalue weighted by atomic mass is 10.0. The van der Waals surface area contributed by atoms with E-state index in [1.807, 2.05) is 11.8 Å². The minimum absolute atomic E-state index is 0.0821. The van der Waals surface area contributed by atoms with Gasteiger partial charge in [-0.1, -0.05) is 36.4 Å². The standard InChI is InChI=1S/C18H25NO2/c1-4-21-12-10-15(3)18(20)19-11-6-9-17(19)16-8-5-7-14(2)13-16/h5,7-8,13,17H,3-4,6,9-12H2,1-2H3. The van der Waals surface area contributed by atoms with Gasteiger partial charge in [-0.3, -0.25) is 4.79 Å². The molecule has 0 aliphatic carbocycles. The molecule has 0 aromatic heterocycles. The molecule has 1 aromatic rings. The molecule has 1 unspecified atom stereocenters. The molecule has 2 rings (SSSR count). The van der Waals surface area contributed by atoms with Crippen molar-refractivity contribution >= 4 is 5.91 Å². The highest BCUT2D eigenvalue weighted by Gasteiger charge is 2.30. The Hall–Kier alpha value is -1.61. The van der Waals surface area contributed by atoms with Gasteiger partial charge in [0.05, 0.1) is 12.6 Å². The number of nitrogens with zero attached hydrogens (tertiary/aromatic N) is 1. The maximum atomic E-state index is 12.6. The van der Waals surface area contributed by atoms with Crippen LogP contribution in [0.25, 0.3) is 0 Å². The van der Waals surface area contributed by atoms with E-state index in [2.05, 4.69) is 37.8 Å². The lowest BCUT2D eigenvalue weighted by molar-refractivity contribution is -0.128. The van der Waals surface area contributed by atoms with Gasteiger partial charge in [-0.25, -0.2) is 0 Å². The number of carbonyl (C=O) groups excluding carboxylic acids is 1. The van der Waals surface area contributed by atoms with Crippen LogP contribution in [0.3, 0.4) is 0 Å². The van der Waals surface area contributed by atoms with Gasteiger partial charge in [0, 0.05) is 25.1 Å². The molecule has 1 fully saturated rings. The molecule has 1 saturated heterocycles. The van der Waals surface area contributed by atoms with Crippen molar-refractivity contribution in [2.75, 3.05) is 19.8 Å². The minimum atomic E-state index is 0.0821. The Morgan fingerprint density at radius 2 is 2.29 bits per heavy atom. The normalized spacial score (nSPS) is 18.0. The van der Waals surface area contributed by atoms with E-state index in [0.717, 1.165) is 19.4 Å². The van der Waals surface area contributed by atoms with Crippen LogP contribution in [0, 0.1) is 6.92 Å². The van der Waals surface area contributed by atoms with Crippen molar-refractivity contribution < 1.29 is 9.53 Å². The van der Waals surface area contributed by atoms with Gasteiger partial charge in [0.2, 0.25) is 5.91 Å². The second-order valence-corrected chi connectivity index (χ2v) is 5.62. The van der Waals surface area contributed by atoms with Crippen LogP contribution in [0.2, 0.25) is 0 Å². The maximum Gasteiger partial charge on any atom is 0.249 e. The van der Waals surface area contributed by atoms with Crippen LogP contribution in [0.5, 0.6) is 0 Å². The van der Waals surface area contributed by atoms with Crippen molar-refractivity contribution in [3.8, 4) is 0 Å². The molecule has 0 saturated carbocycles. The van der Waals surface area contributed by atoms with E-state index in [-0.39, 0.29) is 11.9 Å². The van der Waals surface area contributed by atoms with E-state index in [4.69, 9.17) is 4.74 Å². The van der Waals surface area contributed by atoms with Crippen molar-refractivity contribution in [1.82, 2.24) is 4.90 Å². The van der Waals surface area contributed by atoms with Crippen LogP contribution < -0.4 is 0 Å². The highest BCUT2D eigenvalue weighted by Crippen LogP contribution is 2.33. The molecule has 1 atom stereocenters. The first-order valence-electron chi connectivity index (χ1n) is 7.76. The Labute approximate surface area is 127 Å². The van der Waals surface area contributed by atoms with Crippen LogP contribution >= 0.6 is 0 Å². The third-order valence-electron chi connectivity index (χ3n) is 4.00. The van der Waals surface area contributed by atoms with Crippen molar-refractivity contribution in [2.24, 2.45) is 0 Å². The smallest absolute Gasteiger partial charge is 0.249 e. The molecule has 0 spiro atoms. The Kier molecular flexibility index (Phi) is 5.57. The van der Waals surface area contributed by atoms with Gasteiger partial charge in [0.1, 0.15) is 0 Å². The van der Waals surface area contributed by atoms with E-state index in [0.29, 0.717) is 25.2 Å². The summed E-state index contributed by atoms with van der Waals surface area (Å²) in [6, 6.07) is 8.65. The van der Waals surface area contributed by atoms with Gasteiger partial charge < -0.3 is 9.64 Å². The van der Waals surface area contributed by atoms with E-state index < -0.39 is 0 Å². The molecule has 3 heteroatoms. The Morgan fingerprint density at radius 1 is 1.48 bits per heavy atom. The number of amides is 1. The van der Waals surface area contributed by atoms with Crippen molar-refractivity contribution in [2.45, 2.75) is 39.2 Å². The molecule has 1 aliphatic rings. The summed E-state index contributed by atoms with van der Waals surface area (Å²) in [4.78, 5) is 14.6. The number of rotatable bonds is 6. The minimum Gasteiger partial charge on any atom is -0.381 e. The first-order chi connectivity index (χ1) is 10.1. The molecule has 114 valence electrons. The number of hydrogen-bond acceptors (Lipinski definition) is 2. The summed E-state index contributed by atoms with van der Waals surface area (Å²) in [6.07, 6.45) is 2.71. The number of ether oxygens (including phenoxy) is 1. The Balaban J connectivity index is 2.04. The van der Waals surface area contributed by atoms with Crippen molar-refractivity contribution in [3.05, 3.63) is 47.5 Å². The predicted molar refractivity (Wildman–Crippen MR) is 85.1 cm³/mol. The van der Waals surface area contributed by atoms with Crippen molar-refractivity contribution in [1.29, 1.82) is 0 Å². The average molecular weight is 287 g/mol. The summed E-state index contributed by atoms with van der Waals surface area (Å²) in [5.41, 5.74) is 3.13. The molecule has 21 heavy (non-hydrogen) atoms. The zero-order valence-corrected chi connectivity index (χ0v) is 13.1. The third-order valence-corrected chi connectivity index (χ3v) is 4.00. The lowest BCUT2D eigenvalue weighted by Gasteiger charge is -2.26. The summed E-state index contributed by atoms with van der Waals surface area (Å²) >= 11 is 0. The molecular weight excluding hydrogens is 262 g/mol. The predicted octanol–water partition coefficient (Wildman–Crippen LogP) is 3.64. The van der Waals surface area contributed by atoms with Crippen LogP contribution in [0.15, 0.2) is 36.4 Å². The van der Waals surface area contributed by atoms with E-state index in [1.165, 1.54) is 11.1 Å². The topological polar surface area (TPSA) is 29.5 Å². The van der Waals surface area contributed by atoms with Gasteiger partial charge in [-0.05, 0) is 32.3 Å². The van der Waals surface area contributed by atoms with E-state index >= 15 is 0 Å². The van der Waals surface area contributed by atoms with Crippen LogP contribution in [0.1, 0.15) is 43.4 Å². The number of aryl methyl sites for hydroxylation is 1. The van der Waals surface area contributed by atoms with E-state index in [9.17, 15) is 4.79 Å². The van der Waals surface area contributed by atoms with E-state index in [1.54, 1.807) is 0 Å². The highest BCUT2D eigenvalue weighted by atomic mass is 16.5. The number of carbonyl (C=O) groups is 1. The summed E-state index contributed by atoms with van der Waals surface area (Å²) in [5.74, 6) is 0.0821. The number of likely N-dealkylation sites (tertiary alicyclic amines) is 1. The second kappa shape index (κ2) is 7.41. The van der Waals surface area contributed by atoms with Gasteiger partial charge >= 0.3 is 0 Å². The fourth-order valence-corrected chi connectivity index (χ4v) is 2.88. The SMILES string of the molecule is C=C(CCOCC)C(=O)N1CCCC1c1cccc(C)c1. The number of benzene rings is 1. The molecule has 1 amide bonds. The zero-order chi connectivity index (χ0) is 15.2. The summed E-state index contributed by atoms with van der Waals surface area (Å²) < 4.78 is 5.31. The van der Waals surface area contributed by atoms with Gasteiger partial charge in [0.15, 0.2) is 0 Å². The monoisotopic (exact) mass is 287 g/mol. The quantitative estimate of drug-likeness (QED) is 0.590. The Bertz CT molecular complexity index is 510. The summed E-state index contributed by atoms with van der Waals surface area (Å²) in [6.45, 7) is 10.1. The fraction of sp³-hybridized carbons (Fsp3) is 0.500. The lowest BCUT2D eigenvalue weighted by Crippen LogP contribution is -2.31. The van der Waals surface area contributed by atoms with Crippen LogP contribution in [-0.4, -0.2) is 30.6 Å². The fourth-order valence-electron chi connectivity index (χ4n) is 2.88. The van der Waals surface area contributed by atoms with Crippen LogP contribution in [-0.2, 0) is 9.53 Å². The first-order valence-corrected chi connectivity index (χ1v) is 7.76. The molecule has 3 nitrogen and oxygen atoms in total. The molecule has 0 N–H and O–H groups in total. The third kappa shape index (κ3) is 3.94. The van der Waals surface area contributed by atoms with Gasteiger partial charge in [-0.2, -0.15) is 0 Å². The highest BCUT2D eigenvalue weighted by molar-refractivity contribution is 5.93. The maximum absolute atomic E-state index is 12.6. The molecule has 1 aromatic carbocycles. The molecular formula is C18H25NO2. The molecule has 0 radical (unpaired) electrons. The second-order valence-electron chi connectivity index (χ2n) is 5.62. The molecule has 1 heterocycles. The van der Waals surface area contributed by atoms with Gasteiger partial charge in [0.25, 0.3) is 0 Å². The molecule has 1 aliphatic heterocycles. The summed E-state index contributed by atoms with van der Waals surface area (Å²) in [5, 5.41) is 0. The van der Waals surface area contributed by atoms with Gasteiger partial charge in [-0.15, -0.1) is 0 Å². The van der Waals surface area contributed by atoms with Crippen molar-refractivity contribution in [3.63, 3.8) is 0 Å². The first kappa shape index (κ1) is 15.8. The largest absolute Gasteiger partial charge is 0.381 e. The van der Waals surface area contributed by atoms with Crippen LogP contribution in [0.4, 0.5) is 0 Å². The zero-order valence-electron chi connectivity index (χ0n) is 13.1.